The van der Waals surface area contributed by atoms with Crippen molar-refractivity contribution in [3.8, 4) is 6.07 Å². The first-order chi connectivity index (χ1) is 16.4. The Morgan fingerprint density at radius 3 is 2.35 bits per heavy atom. The van der Waals surface area contributed by atoms with Gasteiger partial charge in [0.2, 0.25) is 0 Å². The van der Waals surface area contributed by atoms with Crippen LogP contribution in [0.5, 0.6) is 0 Å². The van der Waals surface area contributed by atoms with Crippen LogP contribution in [0.15, 0.2) is 48.5 Å². The summed E-state index contributed by atoms with van der Waals surface area (Å²) in [6.45, 7) is 4.59. The Balaban J connectivity index is 1.50. The number of ether oxygens (including phenoxy) is 1. The summed E-state index contributed by atoms with van der Waals surface area (Å²) < 4.78 is 5.35. The van der Waals surface area contributed by atoms with Crippen LogP contribution in [0.1, 0.15) is 30.4 Å². The molecule has 1 saturated heterocycles. The molecule has 0 radical (unpaired) electrons. The first-order valence-corrected chi connectivity index (χ1v) is 11.4. The molecule has 0 spiro atoms. The zero-order chi connectivity index (χ0) is 24.5. The topological polar surface area (TPSA) is 103 Å². The molecular formula is C26H30N4O4. The third-order valence-electron chi connectivity index (χ3n) is 5.74. The van der Waals surface area contributed by atoms with Crippen molar-refractivity contribution in [3.63, 3.8) is 0 Å². The van der Waals surface area contributed by atoms with E-state index in [0.717, 1.165) is 16.8 Å². The fourth-order valence-corrected chi connectivity index (χ4v) is 4.04. The lowest BCUT2D eigenvalue weighted by Gasteiger charge is -2.31. The number of anilines is 2. The lowest BCUT2D eigenvalue weighted by Crippen LogP contribution is -2.43. The number of para-hydroxylation sites is 1. The fourth-order valence-electron chi connectivity index (χ4n) is 4.04. The number of aryl methyl sites for hydroxylation is 2. The standard InChI is InChI=1S/C26H30N4O4/c1-19-15-20(2)17-23(16-19)30(12-6-11-27)24(31)18-34-25(32)21-9-13-29(14-10-21)26(33)28-22-7-4-3-5-8-22/h3-5,7-8,15-17,21H,6,9-10,12-14,18H2,1-2H3,(H,28,33). The summed E-state index contributed by atoms with van der Waals surface area (Å²) in [5, 5.41) is 11.8. The summed E-state index contributed by atoms with van der Waals surface area (Å²) in [4.78, 5) is 41.0. The van der Waals surface area contributed by atoms with E-state index < -0.39 is 5.97 Å². The van der Waals surface area contributed by atoms with Crippen LogP contribution in [0, 0.1) is 31.1 Å². The normalized spacial score (nSPS) is 13.6. The predicted octanol–water partition coefficient (Wildman–Crippen LogP) is 4.04. The number of likely N-dealkylation sites (tertiary alicyclic amines) is 1. The van der Waals surface area contributed by atoms with Gasteiger partial charge in [0.05, 0.1) is 18.4 Å². The van der Waals surface area contributed by atoms with Crippen molar-refractivity contribution in [1.29, 1.82) is 5.26 Å². The zero-order valence-electron chi connectivity index (χ0n) is 19.6. The molecule has 34 heavy (non-hydrogen) atoms. The molecule has 0 aliphatic carbocycles. The van der Waals surface area contributed by atoms with E-state index in [1.807, 2.05) is 62.4 Å². The van der Waals surface area contributed by atoms with Crippen molar-refractivity contribution >= 4 is 29.3 Å². The molecule has 2 aromatic rings. The summed E-state index contributed by atoms with van der Waals surface area (Å²) in [6, 6.07) is 16.8. The van der Waals surface area contributed by atoms with E-state index in [9.17, 15) is 14.4 Å². The molecule has 0 saturated carbocycles. The lowest BCUT2D eigenvalue weighted by atomic mass is 9.97. The molecule has 1 heterocycles. The number of urea groups is 1. The average molecular weight is 463 g/mol. The molecule has 3 rings (SSSR count). The van der Waals surface area contributed by atoms with Gasteiger partial charge in [-0.2, -0.15) is 5.26 Å². The van der Waals surface area contributed by atoms with Gasteiger partial charge in [0.25, 0.3) is 5.91 Å². The first kappa shape index (κ1) is 24.8. The Morgan fingerprint density at radius 1 is 1.09 bits per heavy atom. The van der Waals surface area contributed by atoms with Crippen LogP contribution in [0.3, 0.4) is 0 Å². The summed E-state index contributed by atoms with van der Waals surface area (Å²) in [6.07, 6.45) is 1.13. The smallest absolute Gasteiger partial charge is 0.321 e. The number of esters is 1. The highest BCUT2D eigenvalue weighted by atomic mass is 16.5. The Bertz CT molecular complexity index is 1040. The highest BCUT2D eigenvalue weighted by Crippen LogP contribution is 2.22. The number of nitriles is 1. The van der Waals surface area contributed by atoms with Gasteiger partial charge < -0.3 is 19.9 Å². The van der Waals surface area contributed by atoms with Gasteiger partial charge >= 0.3 is 12.0 Å². The minimum absolute atomic E-state index is 0.177. The van der Waals surface area contributed by atoms with E-state index in [-0.39, 0.29) is 37.4 Å². The quantitative estimate of drug-likeness (QED) is 0.626. The highest BCUT2D eigenvalue weighted by Gasteiger charge is 2.29. The third kappa shape index (κ3) is 6.82. The summed E-state index contributed by atoms with van der Waals surface area (Å²) in [5.74, 6) is -1.16. The summed E-state index contributed by atoms with van der Waals surface area (Å²) in [5.41, 5.74) is 3.42. The molecule has 0 unspecified atom stereocenters. The molecular weight excluding hydrogens is 432 g/mol. The van der Waals surface area contributed by atoms with Crippen LogP contribution in [0.2, 0.25) is 0 Å². The van der Waals surface area contributed by atoms with Crippen LogP contribution in [0.25, 0.3) is 0 Å². The number of rotatable bonds is 7. The van der Waals surface area contributed by atoms with Crippen LogP contribution in [-0.2, 0) is 14.3 Å². The van der Waals surface area contributed by atoms with Gasteiger partial charge in [-0.1, -0.05) is 24.3 Å². The molecule has 8 nitrogen and oxygen atoms in total. The van der Waals surface area contributed by atoms with Crippen molar-refractivity contribution in [3.05, 3.63) is 59.7 Å². The maximum atomic E-state index is 12.9. The molecule has 1 N–H and O–H groups in total. The van der Waals surface area contributed by atoms with E-state index in [2.05, 4.69) is 11.4 Å². The lowest BCUT2D eigenvalue weighted by molar-refractivity contribution is -0.153. The number of hydrogen-bond acceptors (Lipinski definition) is 5. The maximum absolute atomic E-state index is 12.9. The fraction of sp³-hybridized carbons (Fsp3) is 0.385. The second kappa shape index (κ2) is 11.8. The molecule has 8 heteroatoms. The third-order valence-corrected chi connectivity index (χ3v) is 5.74. The zero-order valence-corrected chi connectivity index (χ0v) is 19.6. The molecule has 3 amide bonds. The van der Waals surface area contributed by atoms with Gasteiger partial charge in [-0.05, 0) is 62.1 Å². The van der Waals surface area contributed by atoms with Gasteiger partial charge in [-0.15, -0.1) is 0 Å². The van der Waals surface area contributed by atoms with Crippen LogP contribution >= 0.6 is 0 Å². The Hall–Kier alpha value is -3.86. The van der Waals surface area contributed by atoms with Gasteiger partial charge in [0.15, 0.2) is 6.61 Å². The molecule has 2 aromatic carbocycles. The van der Waals surface area contributed by atoms with Gasteiger partial charge in [-0.3, -0.25) is 9.59 Å². The van der Waals surface area contributed by atoms with E-state index in [1.54, 1.807) is 4.90 Å². The van der Waals surface area contributed by atoms with Crippen LogP contribution in [0.4, 0.5) is 16.2 Å². The SMILES string of the molecule is Cc1cc(C)cc(N(CCC#N)C(=O)COC(=O)C2CCN(C(=O)Nc3ccccc3)CC2)c1. The number of carbonyl (C=O) groups is 3. The van der Waals surface area contributed by atoms with Crippen molar-refractivity contribution in [2.75, 3.05) is 36.5 Å². The van der Waals surface area contributed by atoms with E-state index in [1.165, 1.54) is 4.90 Å². The average Bonchev–Trinajstić information content (AvgIpc) is 2.83. The second-order valence-corrected chi connectivity index (χ2v) is 8.46. The number of nitrogens with one attached hydrogen (secondary N) is 1. The number of amides is 3. The largest absolute Gasteiger partial charge is 0.455 e. The Kier molecular flexibility index (Phi) is 8.63. The molecule has 178 valence electrons. The van der Waals surface area contributed by atoms with Crippen LogP contribution < -0.4 is 10.2 Å². The summed E-state index contributed by atoms with van der Waals surface area (Å²) >= 11 is 0. The number of nitrogens with zero attached hydrogens (tertiary/aromatic N) is 3. The van der Waals surface area contributed by atoms with Gasteiger partial charge in [-0.25, -0.2) is 4.79 Å². The van der Waals surface area contributed by atoms with Crippen molar-refractivity contribution < 1.29 is 19.1 Å². The summed E-state index contributed by atoms with van der Waals surface area (Å²) in [7, 11) is 0. The molecule has 1 aliphatic heterocycles. The van der Waals surface area contributed by atoms with Crippen molar-refractivity contribution in [2.45, 2.75) is 33.1 Å². The number of hydrogen-bond donors (Lipinski definition) is 1. The first-order valence-electron chi connectivity index (χ1n) is 11.4. The van der Waals surface area contributed by atoms with E-state index in [4.69, 9.17) is 10.00 Å². The monoisotopic (exact) mass is 462 g/mol. The highest BCUT2D eigenvalue weighted by molar-refractivity contribution is 5.95. The maximum Gasteiger partial charge on any atom is 0.321 e. The van der Waals surface area contributed by atoms with Crippen molar-refractivity contribution in [2.24, 2.45) is 5.92 Å². The molecule has 0 aromatic heterocycles. The minimum atomic E-state index is -0.433. The van der Waals surface area contributed by atoms with Crippen molar-refractivity contribution in [1.82, 2.24) is 4.90 Å². The van der Waals surface area contributed by atoms with E-state index in [0.29, 0.717) is 31.6 Å². The number of benzene rings is 2. The Labute approximate surface area is 200 Å². The van der Waals surface area contributed by atoms with Crippen LogP contribution in [-0.4, -0.2) is 49.0 Å². The molecule has 0 bridgehead atoms. The number of piperidine rings is 1. The van der Waals surface area contributed by atoms with Gasteiger partial charge in [0.1, 0.15) is 0 Å². The molecule has 1 aliphatic rings. The minimum Gasteiger partial charge on any atom is -0.455 e. The second-order valence-electron chi connectivity index (χ2n) is 8.46. The predicted molar refractivity (Wildman–Crippen MR) is 129 cm³/mol. The molecule has 0 atom stereocenters. The molecule has 1 fully saturated rings. The van der Waals surface area contributed by atoms with Gasteiger partial charge in [0, 0.05) is 31.0 Å². The Morgan fingerprint density at radius 2 is 1.74 bits per heavy atom. The van der Waals surface area contributed by atoms with E-state index >= 15 is 0 Å². The number of carbonyl (C=O) groups excluding carboxylic acids is 3.